The van der Waals surface area contributed by atoms with Gasteiger partial charge in [-0.25, -0.2) is 0 Å². The molecule has 1 aromatic carbocycles. The Morgan fingerprint density at radius 2 is 1.97 bits per heavy atom. The molecule has 2 aliphatic heterocycles. The fourth-order valence-corrected chi connectivity index (χ4v) is 4.63. The van der Waals surface area contributed by atoms with Crippen LogP contribution < -0.4 is 4.74 Å². The number of para-hydroxylation sites is 1. The van der Waals surface area contributed by atoms with Crippen molar-refractivity contribution in [3.05, 3.63) is 29.8 Å². The fraction of sp³-hybridized carbons (Fsp3) is 0.652. The van der Waals surface area contributed by atoms with Crippen LogP contribution in [-0.4, -0.2) is 78.9 Å². The maximum absolute atomic E-state index is 13.3. The molecule has 2 aliphatic rings. The first-order chi connectivity index (χ1) is 13.8. The van der Waals surface area contributed by atoms with Gasteiger partial charge in [0.25, 0.3) is 0 Å². The van der Waals surface area contributed by atoms with Crippen LogP contribution in [-0.2, 0) is 16.0 Å². The van der Waals surface area contributed by atoms with Crippen LogP contribution in [0.15, 0.2) is 24.3 Å². The number of carbonyl (C=O) groups excluding carboxylic acids is 2. The highest BCUT2D eigenvalue weighted by Gasteiger charge is 2.47. The molecule has 3 rings (SSSR count). The van der Waals surface area contributed by atoms with Gasteiger partial charge < -0.3 is 19.4 Å². The van der Waals surface area contributed by atoms with E-state index in [0.29, 0.717) is 31.3 Å². The van der Waals surface area contributed by atoms with Crippen molar-refractivity contribution in [3.63, 3.8) is 0 Å². The lowest BCUT2D eigenvalue weighted by molar-refractivity contribution is -0.154. The van der Waals surface area contributed by atoms with Crippen molar-refractivity contribution >= 4 is 11.8 Å². The second kappa shape index (κ2) is 9.16. The monoisotopic (exact) mass is 401 g/mol. The Morgan fingerprint density at radius 3 is 2.62 bits per heavy atom. The Kier molecular flexibility index (Phi) is 6.83. The number of likely N-dealkylation sites (N-methyl/N-ethyl adjacent to an activating group) is 1. The number of ether oxygens (including phenoxy) is 1. The molecule has 0 radical (unpaired) electrons. The van der Waals surface area contributed by atoms with Crippen molar-refractivity contribution in [2.45, 2.75) is 57.7 Å². The molecule has 3 atom stereocenters. The summed E-state index contributed by atoms with van der Waals surface area (Å²) in [6.07, 6.45) is 2.67. The van der Waals surface area contributed by atoms with E-state index in [4.69, 9.17) is 4.74 Å². The quantitative estimate of drug-likeness (QED) is 0.704. The molecule has 160 valence electrons. The number of benzene rings is 1. The zero-order valence-electron chi connectivity index (χ0n) is 18.4. The van der Waals surface area contributed by atoms with Crippen LogP contribution in [0.5, 0.6) is 5.75 Å². The Balaban J connectivity index is 1.74. The smallest absolute Gasteiger partial charge is 0.245 e. The van der Waals surface area contributed by atoms with E-state index in [1.807, 2.05) is 34.1 Å². The second-order valence-corrected chi connectivity index (χ2v) is 9.00. The zero-order chi connectivity index (χ0) is 21.1. The molecular weight excluding hydrogens is 366 g/mol. The molecule has 0 bridgehead atoms. The van der Waals surface area contributed by atoms with Gasteiger partial charge in [0.15, 0.2) is 0 Å². The molecule has 2 heterocycles. The molecule has 6 nitrogen and oxygen atoms in total. The van der Waals surface area contributed by atoms with Gasteiger partial charge in [0.2, 0.25) is 11.8 Å². The van der Waals surface area contributed by atoms with Crippen LogP contribution in [0.4, 0.5) is 0 Å². The van der Waals surface area contributed by atoms with Crippen molar-refractivity contribution in [1.29, 1.82) is 0 Å². The number of rotatable bonds is 7. The molecule has 0 spiro atoms. The van der Waals surface area contributed by atoms with Crippen LogP contribution in [0.2, 0.25) is 0 Å². The number of fused-ring (bicyclic) bond motifs is 1. The average molecular weight is 402 g/mol. The van der Waals surface area contributed by atoms with E-state index in [-0.39, 0.29) is 23.9 Å². The van der Waals surface area contributed by atoms with Crippen LogP contribution >= 0.6 is 0 Å². The Morgan fingerprint density at radius 1 is 1.24 bits per heavy atom. The lowest BCUT2D eigenvalue weighted by Gasteiger charge is -2.43. The third kappa shape index (κ3) is 4.74. The molecule has 2 saturated heterocycles. The zero-order valence-corrected chi connectivity index (χ0v) is 18.4. The van der Waals surface area contributed by atoms with Crippen molar-refractivity contribution in [3.8, 4) is 5.75 Å². The molecule has 0 aromatic heterocycles. The number of methoxy groups -OCH3 is 1. The topological polar surface area (TPSA) is 53.1 Å². The van der Waals surface area contributed by atoms with Crippen molar-refractivity contribution in [2.24, 2.45) is 5.92 Å². The first-order valence-corrected chi connectivity index (χ1v) is 10.7. The van der Waals surface area contributed by atoms with E-state index in [1.54, 1.807) is 7.11 Å². The van der Waals surface area contributed by atoms with E-state index in [1.165, 1.54) is 0 Å². The largest absolute Gasteiger partial charge is 0.496 e. The summed E-state index contributed by atoms with van der Waals surface area (Å²) < 4.78 is 5.41. The summed E-state index contributed by atoms with van der Waals surface area (Å²) in [5.74, 6) is 1.37. The molecule has 2 amide bonds. The molecular formula is C23H35N3O3. The van der Waals surface area contributed by atoms with E-state index in [9.17, 15) is 9.59 Å². The number of hydrogen-bond acceptors (Lipinski definition) is 4. The number of piperazine rings is 1. The van der Waals surface area contributed by atoms with Gasteiger partial charge in [0.1, 0.15) is 11.8 Å². The van der Waals surface area contributed by atoms with Crippen molar-refractivity contribution in [1.82, 2.24) is 14.7 Å². The SMILES string of the molecule is COc1ccccc1CCC(=O)N1C[C@@H]2C[C@H](N(C)C)CN2C(=O)[C@@H]1CC(C)C. The summed E-state index contributed by atoms with van der Waals surface area (Å²) >= 11 is 0. The summed E-state index contributed by atoms with van der Waals surface area (Å²) in [4.78, 5) is 32.6. The predicted octanol–water partition coefficient (Wildman–Crippen LogP) is 2.42. The standard InChI is InChI=1S/C23H35N3O3/c1-16(2)12-20-23(28)25-14-18(24(3)4)13-19(25)15-26(20)22(27)11-10-17-8-6-7-9-21(17)29-5/h6-9,16,18-20H,10-15H2,1-5H3/t18-,19-,20-/m0/s1. The first-order valence-electron chi connectivity index (χ1n) is 10.7. The number of aryl methyl sites for hydroxylation is 1. The van der Waals surface area contributed by atoms with Crippen molar-refractivity contribution in [2.75, 3.05) is 34.3 Å². The number of nitrogens with zero attached hydrogens (tertiary/aromatic N) is 3. The molecule has 29 heavy (non-hydrogen) atoms. The van der Waals surface area contributed by atoms with Crippen LogP contribution in [0.1, 0.15) is 38.7 Å². The lowest BCUT2D eigenvalue weighted by Crippen LogP contribution is -2.61. The Bertz CT molecular complexity index is 734. The number of carbonyl (C=O) groups is 2. The number of hydrogen-bond donors (Lipinski definition) is 0. The van der Waals surface area contributed by atoms with Gasteiger partial charge in [-0.3, -0.25) is 9.59 Å². The molecule has 2 fully saturated rings. The highest BCUT2D eigenvalue weighted by atomic mass is 16.5. The normalized spacial score (nSPS) is 24.4. The van der Waals surface area contributed by atoms with Gasteiger partial charge in [-0.05, 0) is 50.9 Å². The molecule has 6 heteroatoms. The van der Waals surface area contributed by atoms with Gasteiger partial charge in [0.05, 0.1) is 13.2 Å². The molecule has 0 unspecified atom stereocenters. The molecule has 0 saturated carbocycles. The van der Waals surface area contributed by atoms with Crippen molar-refractivity contribution < 1.29 is 14.3 Å². The third-order valence-corrected chi connectivity index (χ3v) is 6.29. The predicted molar refractivity (Wildman–Crippen MR) is 114 cm³/mol. The molecule has 1 aromatic rings. The Labute approximate surface area is 174 Å². The summed E-state index contributed by atoms with van der Waals surface area (Å²) in [6.45, 7) is 5.65. The molecule has 0 aliphatic carbocycles. The van der Waals surface area contributed by atoms with E-state index >= 15 is 0 Å². The van der Waals surface area contributed by atoms with E-state index in [2.05, 4.69) is 32.8 Å². The highest BCUT2D eigenvalue weighted by molar-refractivity contribution is 5.89. The minimum absolute atomic E-state index is 0.0721. The van der Waals surface area contributed by atoms with E-state index < -0.39 is 0 Å². The second-order valence-electron chi connectivity index (χ2n) is 9.00. The summed E-state index contributed by atoms with van der Waals surface area (Å²) in [5.41, 5.74) is 1.03. The van der Waals surface area contributed by atoms with Gasteiger partial charge in [0, 0.05) is 25.6 Å². The minimum atomic E-state index is -0.336. The lowest BCUT2D eigenvalue weighted by atomic mass is 9.96. The fourth-order valence-electron chi connectivity index (χ4n) is 4.63. The minimum Gasteiger partial charge on any atom is -0.496 e. The summed E-state index contributed by atoms with van der Waals surface area (Å²) in [7, 11) is 5.78. The maximum Gasteiger partial charge on any atom is 0.245 e. The first kappa shape index (κ1) is 21.6. The average Bonchev–Trinajstić information content (AvgIpc) is 3.13. The van der Waals surface area contributed by atoms with Crippen LogP contribution in [0.25, 0.3) is 0 Å². The number of amides is 2. The van der Waals surface area contributed by atoms with Crippen LogP contribution in [0, 0.1) is 5.92 Å². The molecule has 0 N–H and O–H groups in total. The van der Waals surface area contributed by atoms with Gasteiger partial charge in [-0.2, -0.15) is 0 Å². The third-order valence-electron chi connectivity index (χ3n) is 6.29. The van der Waals surface area contributed by atoms with E-state index in [0.717, 1.165) is 30.7 Å². The van der Waals surface area contributed by atoms with Crippen LogP contribution in [0.3, 0.4) is 0 Å². The Hall–Kier alpha value is -2.08. The van der Waals surface area contributed by atoms with Gasteiger partial charge >= 0.3 is 0 Å². The maximum atomic E-state index is 13.3. The van der Waals surface area contributed by atoms with Gasteiger partial charge in [-0.1, -0.05) is 32.0 Å². The van der Waals surface area contributed by atoms with Gasteiger partial charge in [-0.15, -0.1) is 0 Å². The summed E-state index contributed by atoms with van der Waals surface area (Å²) in [6, 6.07) is 7.98. The summed E-state index contributed by atoms with van der Waals surface area (Å²) in [5, 5.41) is 0. The highest BCUT2D eigenvalue weighted by Crippen LogP contribution is 2.31.